The average Bonchev–Trinajstić information content (AvgIpc) is 3.70. The summed E-state index contributed by atoms with van der Waals surface area (Å²) in [5, 5.41) is 0. The molecule has 5 heteroatoms. The van der Waals surface area contributed by atoms with E-state index in [1.165, 1.54) is 0 Å². The zero-order chi connectivity index (χ0) is 56.3. The van der Waals surface area contributed by atoms with E-state index in [1.807, 2.05) is 87.7 Å². The number of fused-ring (bicyclic) bond motifs is 1. The minimum absolute atomic E-state index is 0. The van der Waals surface area contributed by atoms with Gasteiger partial charge in [0.25, 0.3) is 0 Å². The summed E-state index contributed by atoms with van der Waals surface area (Å²) >= 11 is 0. The Morgan fingerprint density at radius 1 is 0.641 bits per heavy atom. The van der Waals surface area contributed by atoms with Gasteiger partial charge in [0.15, 0.2) is 0 Å². The third kappa shape index (κ3) is 9.18. The van der Waals surface area contributed by atoms with Gasteiger partial charge in [-0.05, 0) is 124 Å². The van der Waals surface area contributed by atoms with Crippen molar-refractivity contribution in [1.29, 1.82) is 0 Å². The Labute approximate surface area is 414 Å². The second-order valence-corrected chi connectivity index (χ2v) is 19.5. The predicted octanol–water partition coefficient (Wildman–Crippen LogP) is 15.8. The summed E-state index contributed by atoms with van der Waals surface area (Å²) < 4.78 is 121. The number of para-hydroxylation sites is 1. The minimum Gasteiger partial charge on any atom is -0.665 e. The van der Waals surface area contributed by atoms with Gasteiger partial charge in [-0.2, -0.15) is 7.11 Å². The molecule has 2 aromatic heterocycles. The van der Waals surface area contributed by atoms with E-state index in [0.29, 0.717) is 45.0 Å². The molecule has 64 heavy (non-hydrogen) atoms. The molecule has 0 N–H and O–H groups in total. The van der Waals surface area contributed by atoms with Crippen LogP contribution in [-0.4, -0.2) is 14.5 Å². The molecule has 0 spiro atoms. The number of aromatic nitrogens is 3. The van der Waals surface area contributed by atoms with Gasteiger partial charge in [0.2, 0.25) is 0 Å². The molecule has 6 aromatic carbocycles. The molecule has 0 aliphatic carbocycles. The maximum Gasteiger partial charge on any atom is 2.00 e. The van der Waals surface area contributed by atoms with Gasteiger partial charge in [-0.25, -0.2) is 4.98 Å². The number of benzene rings is 6. The molecule has 0 amide bonds. The molecule has 0 aliphatic heterocycles. The van der Waals surface area contributed by atoms with Gasteiger partial charge >= 0.3 is 21.1 Å². The van der Waals surface area contributed by atoms with Crippen LogP contribution in [0.25, 0.3) is 72.7 Å². The Hall–Kier alpha value is -5.57. The number of hydrogen-bond donors (Lipinski definition) is 0. The Kier molecular flexibility index (Phi) is 8.75. The predicted molar refractivity (Wildman–Crippen MR) is 266 cm³/mol. The van der Waals surface area contributed by atoms with Crippen molar-refractivity contribution in [2.24, 2.45) is 0 Å². The van der Waals surface area contributed by atoms with Gasteiger partial charge in [0.05, 0.1) is 37.6 Å². The Morgan fingerprint density at radius 2 is 1.31 bits per heavy atom. The van der Waals surface area contributed by atoms with E-state index in [0.717, 1.165) is 38.9 Å². The molecule has 0 atom stereocenters. The van der Waals surface area contributed by atoms with Gasteiger partial charge < -0.3 is 4.74 Å². The second-order valence-electron chi connectivity index (χ2n) is 19.5. The van der Waals surface area contributed by atoms with Crippen molar-refractivity contribution < 1.29 is 43.6 Å². The zero-order valence-electron chi connectivity index (χ0n) is 51.3. The van der Waals surface area contributed by atoms with E-state index in [4.69, 9.17) is 26.2 Å². The first kappa shape index (κ1) is 32.1. The van der Waals surface area contributed by atoms with Crippen LogP contribution in [0, 0.1) is 40.7 Å². The maximum absolute atomic E-state index is 9.55. The van der Waals surface area contributed by atoms with E-state index in [1.54, 1.807) is 12.1 Å². The molecule has 0 bridgehead atoms. The topological polar surface area (TPSA) is 39.9 Å². The molecule has 0 fully saturated rings. The third-order valence-corrected chi connectivity index (χ3v) is 11.5. The fourth-order valence-corrected chi connectivity index (χ4v) is 7.91. The molecule has 0 saturated heterocycles. The van der Waals surface area contributed by atoms with Gasteiger partial charge in [-0.1, -0.05) is 152 Å². The largest absolute Gasteiger partial charge is 2.00 e. The third-order valence-electron chi connectivity index (χ3n) is 11.5. The van der Waals surface area contributed by atoms with Crippen molar-refractivity contribution in [1.82, 2.24) is 14.5 Å². The first-order chi connectivity index (χ1) is 35.0. The fraction of sp³-hybridized carbons (Fsp3) is 0.271. The van der Waals surface area contributed by atoms with Gasteiger partial charge in [-0.15, -0.1) is 29.3 Å². The summed E-state index contributed by atoms with van der Waals surface area (Å²) in [6.07, 6.45) is -0.621. The van der Waals surface area contributed by atoms with Crippen LogP contribution in [0.3, 0.4) is 0 Å². The standard InChI is InChI=1S/C59H61N3O.Pt/c1-36-18-20-40(21-19-36)42-24-25-60-51(34-42)45-29-44(32-46(33-45)57(5,6)7)49-16-15-17-53-54(49)61-56(50-27-37(2)26-39(4)55(50)63-14)62(53)52-23-22-41(28-38(52)3)43-30-47(58(8,9)10)35-48(31-43)59(11,12)13;/h15-28,30-35H,14H2,1-13H3;/q-2;+2/i1D3,3D3,18D,19D,20D,21D,24D,25D,34D;. The summed E-state index contributed by atoms with van der Waals surface area (Å²) in [6.45, 7) is 17.2. The van der Waals surface area contributed by atoms with E-state index in [-0.39, 0.29) is 48.7 Å². The average molecular weight is 1040 g/mol. The molecule has 4 nitrogen and oxygen atoms in total. The van der Waals surface area contributed by atoms with Crippen molar-refractivity contribution in [2.45, 2.75) is 106 Å². The maximum atomic E-state index is 9.55. The van der Waals surface area contributed by atoms with Crippen LogP contribution in [0.2, 0.25) is 0 Å². The van der Waals surface area contributed by atoms with Crippen LogP contribution in [-0.2, 0) is 37.3 Å². The summed E-state index contributed by atoms with van der Waals surface area (Å²) in [4.78, 5) is 9.79. The summed E-state index contributed by atoms with van der Waals surface area (Å²) in [6, 6.07) is 24.2. The van der Waals surface area contributed by atoms with Crippen LogP contribution in [0.1, 0.15) is 119 Å². The normalized spacial score (nSPS) is 15.4. The van der Waals surface area contributed by atoms with E-state index in [2.05, 4.69) is 77.9 Å². The Morgan fingerprint density at radius 3 is 1.95 bits per heavy atom. The molecular formula is C59H61N3OPt. The van der Waals surface area contributed by atoms with Crippen LogP contribution in [0.4, 0.5) is 0 Å². The molecule has 0 radical (unpaired) electrons. The quantitative estimate of drug-likeness (QED) is 0.149. The molecule has 0 saturated carbocycles. The second kappa shape index (κ2) is 17.4. The van der Waals surface area contributed by atoms with Crippen LogP contribution >= 0.6 is 0 Å². The van der Waals surface area contributed by atoms with Crippen LogP contribution in [0.5, 0.6) is 5.75 Å². The summed E-state index contributed by atoms with van der Waals surface area (Å²) in [5.41, 5.74) is 6.75. The summed E-state index contributed by atoms with van der Waals surface area (Å²) in [5.74, 6) is 0.814. The van der Waals surface area contributed by atoms with Crippen LogP contribution in [0.15, 0.2) is 121 Å². The Bertz CT molecular complexity index is 3610. The molecule has 2 heterocycles. The number of nitrogens with zero attached hydrogens (tertiary/aromatic N) is 3. The van der Waals surface area contributed by atoms with Crippen molar-refractivity contribution >= 4 is 11.0 Å². The van der Waals surface area contributed by atoms with Crippen molar-refractivity contribution in [3.8, 4) is 67.5 Å². The molecule has 328 valence electrons. The SMILES string of the molecule is [2H]c1nc(-c2[c-]c(-c3cccc4c3nc(-c3cc(C)cc(C)c3O[CH2-])n4-c3ccc(-c4cc(C(C)(C)C)cc(C(C)(C)C)c4)cc3C([2H])([2H])[2H])cc(C(C)(C)C)c2)c([2H])c(-c2c([2H])c([2H])c(C([2H])([2H])[2H])c([2H])c2[2H])c1[2H].[Pt+2]. The molecule has 0 aliphatic rings. The van der Waals surface area contributed by atoms with Crippen molar-refractivity contribution in [2.75, 3.05) is 0 Å². The number of imidazole rings is 1. The molecule has 0 unspecified atom stereocenters. The molecular weight excluding hydrogens is 962 g/mol. The van der Waals surface area contributed by atoms with E-state index in [9.17, 15) is 1.37 Å². The first-order valence-electron chi connectivity index (χ1n) is 27.6. The van der Waals surface area contributed by atoms with Gasteiger partial charge in [0, 0.05) is 20.1 Å². The summed E-state index contributed by atoms with van der Waals surface area (Å²) in [7, 11) is 3.81. The number of rotatable bonds is 7. The molecule has 8 rings (SSSR count). The number of ether oxygens (including phenoxy) is 1. The first-order valence-corrected chi connectivity index (χ1v) is 21.1. The monoisotopic (exact) mass is 1040 g/mol. The van der Waals surface area contributed by atoms with Gasteiger partial charge in [0.1, 0.15) is 5.82 Å². The zero-order valence-corrected chi connectivity index (χ0v) is 40.6. The molecule has 8 aromatic rings. The number of hydrogen-bond acceptors (Lipinski definition) is 3. The Balaban J connectivity index is 0.00000861. The fourth-order valence-electron chi connectivity index (χ4n) is 7.91. The van der Waals surface area contributed by atoms with Gasteiger partial charge in [-0.3, -0.25) is 9.55 Å². The smallest absolute Gasteiger partial charge is 0.665 e. The van der Waals surface area contributed by atoms with E-state index < -0.39 is 78.2 Å². The van der Waals surface area contributed by atoms with Crippen molar-refractivity contribution in [3.63, 3.8) is 0 Å². The number of aryl methyl sites for hydroxylation is 3. The minimum atomic E-state index is -2.99. The van der Waals surface area contributed by atoms with Crippen LogP contribution < -0.4 is 4.74 Å². The van der Waals surface area contributed by atoms with Crippen molar-refractivity contribution in [3.05, 3.63) is 173 Å². The van der Waals surface area contributed by atoms with E-state index >= 15 is 0 Å². The number of pyridine rings is 1.